The summed E-state index contributed by atoms with van der Waals surface area (Å²) in [5, 5.41) is 11.8. The highest BCUT2D eigenvalue weighted by atomic mass is 16.5. The van der Waals surface area contributed by atoms with E-state index in [-0.39, 0.29) is 43.4 Å². The minimum absolute atomic E-state index is 0.0495. The Labute approximate surface area is 140 Å². The van der Waals surface area contributed by atoms with Gasteiger partial charge in [0.25, 0.3) is 5.91 Å². The lowest BCUT2D eigenvalue weighted by Gasteiger charge is -2.29. The van der Waals surface area contributed by atoms with E-state index >= 15 is 0 Å². The number of carbonyl (C=O) groups is 3. The second-order valence-corrected chi connectivity index (χ2v) is 5.58. The van der Waals surface area contributed by atoms with Crippen LogP contribution in [-0.2, 0) is 9.59 Å². The number of ketones is 1. The SMILES string of the molecule is CCC(=O)c1ccc2c(c1)N(CC(=O)NC(CC)CO)C(=O)CO2. The van der Waals surface area contributed by atoms with Crippen LogP contribution in [0.3, 0.4) is 0 Å². The van der Waals surface area contributed by atoms with E-state index in [0.29, 0.717) is 29.8 Å². The Bertz CT molecular complexity index is 640. The Balaban J connectivity index is 2.23. The van der Waals surface area contributed by atoms with Crippen LogP contribution in [0, 0.1) is 0 Å². The number of benzene rings is 1. The molecular formula is C17H22N2O5. The Morgan fingerprint density at radius 1 is 1.38 bits per heavy atom. The number of rotatable bonds is 7. The molecule has 1 heterocycles. The van der Waals surface area contributed by atoms with Crippen LogP contribution < -0.4 is 15.0 Å². The lowest BCUT2D eigenvalue weighted by atomic mass is 10.1. The molecular weight excluding hydrogens is 312 g/mol. The van der Waals surface area contributed by atoms with Gasteiger partial charge in [-0.3, -0.25) is 19.3 Å². The number of aliphatic hydroxyl groups is 1. The first kappa shape index (κ1) is 17.9. The molecule has 0 bridgehead atoms. The second kappa shape index (κ2) is 7.92. The number of nitrogens with zero attached hydrogens (tertiary/aromatic N) is 1. The van der Waals surface area contributed by atoms with Gasteiger partial charge >= 0.3 is 0 Å². The zero-order valence-corrected chi connectivity index (χ0v) is 13.9. The summed E-state index contributed by atoms with van der Waals surface area (Å²) >= 11 is 0. The average Bonchev–Trinajstić information content (AvgIpc) is 2.60. The van der Waals surface area contributed by atoms with E-state index in [4.69, 9.17) is 9.84 Å². The number of hydrogen-bond acceptors (Lipinski definition) is 5. The fourth-order valence-corrected chi connectivity index (χ4v) is 2.45. The summed E-state index contributed by atoms with van der Waals surface area (Å²) in [6, 6.07) is 4.52. The summed E-state index contributed by atoms with van der Waals surface area (Å²) in [6.07, 6.45) is 0.938. The first-order valence-electron chi connectivity index (χ1n) is 8.00. The number of anilines is 1. The quantitative estimate of drug-likeness (QED) is 0.722. The van der Waals surface area contributed by atoms with Gasteiger partial charge in [-0.15, -0.1) is 0 Å². The molecule has 2 amide bonds. The van der Waals surface area contributed by atoms with Crippen LogP contribution in [0.2, 0.25) is 0 Å². The normalized spacial score (nSPS) is 14.6. The molecule has 1 aromatic rings. The van der Waals surface area contributed by atoms with E-state index < -0.39 is 0 Å². The zero-order chi connectivity index (χ0) is 17.7. The van der Waals surface area contributed by atoms with Gasteiger partial charge in [-0.1, -0.05) is 13.8 Å². The number of amides is 2. The van der Waals surface area contributed by atoms with Crippen LogP contribution in [0.4, 0.5) is 5.69 Å². The van der Waals surface area contributed by atoms with Gasteiger partial charge in [0.05, 0.1) is 18.3 Å². The number of aliphatic hydroxyl groups excluding tert-OH is 1. The van der Waals surface area contributed by atoms with E-state index in [1.54, 1.807) is 25.1 Å². The number of Topliss-reactive ketones (excluding diaryl/α,β-unsaturated/α-hetero) is 1. The zero-order valence-electron chi connectivity index (χ0n) is 13.9. The molecule has 1 aliphatic heterocycles. The van der Waals surface area contributed by atoms with Gasteiger partial charge in [0.1, 0.15) is 12.3 Å². The third-order valence-corrected chi connectivity index (χ3v) is 3.93. The molecule has 0 spiro atoms. The first-order chi connectivity index (χ1) is 11.5. The molecule has 7 heteroatoms. The lowest BCUT2D eigenvalue weighted by Crippen LogP contribution is -2.48. The average molecular weight is 334 g/mol. The fraction of sp³-hybridized carbons (Fsp3) is 0.471. The van der Waals surface area contributed by atoms with Crippen molar-refractivity contribution in [1.82, 2.24) is 5.32 Å². The van der Waals surface area contributed by atoms with E-state index in [0.717, 1.165) is 0 Å². The van der Waals surface area contributed by atoms with Crippen molar-refractivity contribution in [2.45, 2.75) is 32.7 Å². The first-order valence-corrected chi connectivity index (χ1v) is 8.00. The topological polar surface area (TPSA) is 95.9 Å². The summed E-state index contributed by atoms with van der Waals surface area (Å²) < 4.78 is 5.37. The standard InChI is InChI=1S/C17H22N2O5/c1-3-12(9-20)18-16(22)8-19-13-7-11(14(21)4-2)5-6-15(13)24-10-17(19)23/h5-7,12,20H,3-4,8-10H2,1-2H3,(H,18,22). The summed E-state index contributed by atoms with van der Waals surface area (Å²) in [4.78, 5) is 37.5. The fourth-order valence-electron chi connectivity index (χ4n) is 2.45. The maximum absolute atomic E-state index is 12.2. The van der Waals surface area contributed by atoms with Crippen molar-refractivity contribution in [1.29, 1.82) is 0 Å². The van der Waals surface area contributed by atoms with E-state index in [9.17, 15) is 14.4 Å². The summed E-state index contributed by atoms with van der Waals surface area (Å²) in [6.45, 7) is 3.10. The number of ether oxygens (including phenoxy) is 1. The van der Waals surface area contributed by atoms with Crippen LogP contribution in [0.25, 0.3) is 0 Å². The lowest BCUT2D eigenvalue weighted by molar-refractivity contribution is -0.125. The van der Waals surface area contributed by atoms with Crippen LogP contribution in [0.1, 0.15) is 37.0 Å². The second-order valence-electron chi connectivity index (χ2n) is 5.58. The van der Waals surface area contributed by atoms with Gasteiger partial charge in [0, 0.05) is 12.0 Å². The number of carbonyl (C=O) groups excluding carboxylic acids is 3. The number of nitrogens with one attached hydrogen (secondary N) is 1. The van der Waals surface area contributed by atoms with Gasteiger partial charge in [-0.25, -0.2) is 0 Å². The molecule has 0 saturated carbocycles. The highest BCUT2D eigenvalue weighted by Gasteiger charge is 2.28. The van der Waals surface area contributed by atoms with Crippen molar-refractivity contribution in [2.75, 3.05) is 24.7 Å². The molecule has 0 saturated heterocycles. The van der Waals surface area contributed by atoms with E-state index in [2.05, 4.69) is 5.32 Å². The smallest absolute Gasteiger partial charge is 0.265 e. The third-order valence-electron chi connectivity index (χ3n) is 3.93. The van der Waals surface area contributed by atoms with Gasteiger partial charge in [-0.2, -0.15) is 0 Å². The van der Waals surface area contributed by atoms with E-state index in [1.807, 2.05) is 6.92 Å². The van der Waals surface area contributed by atoms with Crippen molar-refractivity contribution in [3.8, 4) is 5.75 Å². The Morgan fingerprint density at radius 3 is 2.75 bits per heavy atom. The molecule has 0 fully saturated rings. The minimum Gasteiger partial charge on any atom is -0.482 e. The van der Waals surface area contributed by atoms with Crippen molar-refractivity contribution in [3.05, 3.63) is 23.8 Å². The molecule has 2 N–H and O–H groups in total. The predicted octanol–water partition coefficient (Wildman–Crippen LogP) is 0.892. The monoisotopic (exact) mass is 334 g/mol. The highest BCUT2D eigenvalue weighted by molar-refractivity contribution is 6.04. The largest absolute Gasteiger partial charge is 0.482 e. The summed E-state index contributed by atoms with van der Waals surface area (Å²) in [7, 11) is 0. The molecule has 0 radical (unpaired) electrons. The van der Waals surface area contributed by atoms with Crippen molar-refractivity contribution in [3.63, 3.8) is 0 Å². The molecule has 1 unspecified atom stereocenters. The van der Waals surface area contributed by atoms with Crippen molar-refractivity contribution in [2.24, 2.45) is 0 Å². The van der Waals surface area contributed by atoms with Gasteiger partial charge in [0.15, 0.2) is 12.4 Å². The summed E-state index contributed by atoms with van der Waals surface area (Å²) in [5.41, 5.74) is 0.888. The molecule has 24 heavy (non-hydrogen) atoms. The number of hydrogen-bond donors (Lipinski definition) is 2. The van der Waals surface area contributed by atoms with Crippen molar-refractivity contribution >= 4 is 23.3 Å². The molecule has 2 rings (SSSR count). The Morgan fingerprint density at radius 2 is 2.12 bits per heavy atom. The molecule has 1 atom stereocenters. The van der Waals surface area contributed by atoms with Gasteiger partial charge in [0.2, 0.25) is 5.91 Å². The third kappa shape index (κ3) is 3.91. The maximum atomic E-state index is 12.2. The molecule has 1 aromatic carbocycles. The van der Waals surface area contributed by atoms with Gasteiger partial charge in [-0.05, 0) is 24.6 Å². The molecule has 7 nitrogen and oxygen atoms in total. The highest BCUT2D eigenvalue weighted by Crippen LogP contribution is 2.33. The van der Waals surface area contributed by atoms with Crippen LogP contribution in [0.5, 0.6) is 5.75 Å². The Kier molecular flexibility index (Phi) is 5.92. The summed E-state index contributed by atoms with van der Waals surface area (Å²) in [5.74, 6) is -0.309. The van der Waals surface area contributed by atoms with Gasteiger partial charge < -0.3 is 15.2 Å². The van der Waals surface area contributed by atoms with Crippen LogP contribution in [-0.4, -0.2) is 48.5 Å². The molecule has 0 aliphatic carbocycles. The van der Waals surface area contributed by atoms with E-state index in [1.165, 1.54) is 4.90 Å². The number of fused-ring (bicyclic) bond motifs is 1. The maximum Gasteiger partial charge on any atom is 0.265 e. The van der Waals surface area contributed by atoms with Crippen LogP contribution >= 0.6 is 0 Å². The Hall–Kier alpha value is -2.41. The molecule has 0 aromatic heterocycles. The predicted molar refractivity (Wildman–Crippen MR) is 88.2 cm³/mol. The molecule has 1 aliphatic rings. The van der Waals surface area contributed by atoms with Crippen LogP contribution in [0.15, 0.2) is 18.2 Å². The van der Waals surface area contributed by atoms with Crippen molar-refractivity contribution < 1.29 is 24.2 Å². The minimum atomic E-state index is -0.371. The molecule has 130 valence electrons.